The molecule has 1 aliphatic rings. The maximum Gasteiger partial charge on any atom is 0.135 e. The van der Waals surface area contributed by atoms with Crippen molar-refractivity contribution in [3.8, 4) is 28.4 Å². The predicted molar refractivity (Wildman–Crippen MR) is 284 cm³/mol. The Hall–Kier alpha value is -6.42. The summed E-state index contributed by atoms with van der Waals surface area (Å²) >= 11 is 0. The Morgan fingerprint density at radius 1 is 0.507 bits per heavy atom. The van der Waals surface area contributed by atoms with Crippen LogP contribution >= 0.6 is 0 Å². The summed E-state index contributed by atoms with van der Waals surface area (Å²) in [5, 5.41) is 2.23. The standard InChI is InChI=1S/C63H61N4O.Pt/c1-60(2,3)44-28-30-53-54-31-29-51(40-57(54)67(56(53)37-44)58-38-45(32-33-64-58)63(10,11)43-22-16-13-17-23-43)68-50-25-18-24-48(39-50)65-41-66(49-35-46(61(4,5)6)34-47(36-49)62(7,8)9)59-52(26-19-27-55(59)65)42-20-14-12-15-21-42;/h12-38,41H,1-11H3;/q-3;. The number of pyridine rings is 1. The fraction of sp³-hybridized carbons (Fsp3) is 0.238. The normalized spacial score (nSPS) is 13.2. The van der Waals surface area contributed by atoms with Gasteiger partial charge in [0.2, 0.25) is 0 Å². The quantitative estimate of drug-likeness (QED) is 0.142. The number of anilines is 4. The van der Waals surface area contributed by atoms with Gasteiger partial charge in [0.25, 0.3) is 0 Å². The molecule has 0 saturated heterocycles. The summed E-state index contributed by atoms with van der Waals surface area (Å²) in [5.41, 5.74) is 14.4. The summed E-state index contributed by atoms with van der Waals surface area (Å²) in [7, 11) is 0. The SMILES string of the molecule is CC(C)(C)c1cc(N2[CH-]N(c3[c-]c(Oc4[c-]c5c(cc4)c4ccc(C(C)(C)C)cc4n5-c4cc(C(C)(C)c5ccccc5)ccn4)ccc3)c3cccc(-c4ccccc4)c32)cc(C(C)(C)C)c1.[Pt]. The average Bonchev–Trinajstić information content (AvgIpc) is 3.87. The minimum atomic E-state index is -0.244. The molecule has 0 fully saturated rings. The molecule has 10 rings (SSSR count). The van der Waals surface area contributed by atoms with Gasteiger partial charge in [-0.2, -0.15) is 12.1 Å². The summed E-state index contributed by atoms with van der Waals surface area (Å²) in [6.45, 7) is 27.3. The Bertz CT molecular complexity index is 3300. The van der Waals surface area contributed by atoms with Crippen LogP contribution in [0.4, 0.5) is 22.7 Å². The summed E-state index contributed by atoms with van der Waals surface area (Å²) in [5.74, 6) is 2.03. The molecule has 0 amide bonds. The van der Waals surface area contributed by atoms with E-state index in [1.165, 1.54) is 27.8 Å². The zero-order chi connectivity index (χ0) is 47.8. The van der Waals surface area contributed by atoms with Crippen molar-refractivity contribution >= 4 is 44.6 Å². The third-order valence-electron chi connectivity index (χ3n) is 13.7. The van der Waals surface area contributed by atoms with Gasteiger partial charge in [-0.25, -0.2) is 4.98 Å². The zero-order valence-electron chi connectivity index (χ0n) is 41.7. The van der Waals surface area contributed by atoms with E-state index in [0.29, 0.717) is 11.5 Å². The van der Waals surface area contributed by atoms with Crippen molar-refractivity contribution in [3.05, 3.63) is 211 Å². The van der Waals surface area contributed by atoms with Crippen LogP contribution in [0.25, 0.3) is 38.8 Å². The van der Waals surface area contributed by atoms with E-state index in [1.807, 2.05) is 24.4 Å². The zero-order valence-corrected chi connectivity index (χ0v) is 44.0. The van der Waals surface area contributed by atoms with E-state index < -0.39 is 0 Å². The average molecular weight is 1090 g/mol. The van der Waals surface area contributed by atoms with E-state index in [2.05, 4.69) is 249 Å². The van der Waals surface area contributed by atoms with Crippen LogP contribution in [-0.4, -0.2) is 9.55 Å². The van der Waals surface area contributed by atoms with Gasteiger partial charge in [-0.05, 0) is 91.4 Å². The first-order valence-corrected chi connectivity index (χ1v) is 23.9. The Kier molecular flexibility index (Phi) is 12.3. The number of hydrogen-bond acceptors (Lipinski definition) is 4. The molecule has 1 aliphatic heterocycles. The number of aromatic nitrogens is 2. The molecule has 7 aromatic carbocycles. The topological polar surface area (TPSA) is 33.5 Å². The van der Waals surface area contributed by atoms with Gasteiger partial charge in [-0.15, -0.1) is 48.1 Å². The van der Waals surface area contributed by atoms with Gasteiger partial charge in [0.05, 0.1) is 0 Å². The van der Waals surface area contributed by atoms with E-state index in [9.17, 15) is 0 Å². The fourth-order valence-electron chi connectivity index (χ4n) is 9.46. The first kappa shape index (κ1) is 47.6. The molecule has 0 radical (unpaired) electrons. The molecule has 0 unspecified atom stereocenters. The maximum absolute atomic E-state index is 6.79. The van der Waals surface area contributed by atoms with Crippen molar-refractivity contribution in [2.24, 2.45) is 0 Å². The molecular weight excluding hydrogens is 1020 g/mol. The monoisotopic (exact) mass is 1080 g/mol. The van der Waals surface area contributed by atoms with Crippen molar-refractivity contribution in [1.82, 2.24) is 9.55 Å². The minimum absolute atomic E-state index is 0. The van der Waals surface area contributed by atoms with Crippen LogP contribution in [0.3, 0.4) is 0 Å². The van der Waals surface area contributed by atoms with Crippen molar-refractivity contribution < 1.29 is 25.8 Å². The Morgan fingerprint density at radius 3 is 1.83 bits per heavy atom. The Morgan fingerprint density at radius 2 is 1.14 bits per heavy atom. The number of benzene rings is 7. The van der Waals surface area contributed by atoms with E-state index in [4.69, 9.17) is 9.72 Å². The number of ether oxygens (including phenoxy) is 1. The minimum Gasteiger partial charge on any atom is -0.509 e. The first-order valence-electron chi connectivity index (χ1n) is 23.9. The number of fused-ring (bicyclic) bond motifs is 4. The van der Waals surface area contributed by atoms with Gasteiger partial charge in [0, 0.05) is 72.3 Å². The maximum atomic E-state index is 6.79. The summed E-state index contributed by atoms with van der Waals surface area (Å²) < 4.78 is 9.04. The molecule has 2 aromatic heterocycles. The smallest absolute Gasteiger partial charge is 0.135 e. The van der Waals surface area contributed by atoms with Crippen LogP contribution in [0.15, 0.2) is 164 Å². The van der Waals surface area contributed by atoms with Crippen molar-refractivity contribution in [1.29, 1.82) is 0 Å². The molecule has 0 N–H and O–H groups in total. The fourth-order valence-corrected chi connectivity index (χ4v) is 9.46. The van der Waals surface area contributed by atoms with Crippen molar-refractivity contribution in [3.63, 3.8) is 0 Å². The van der Waals surface area contributed by atoms with Crippen LogP contribution in [0.1, 0.15) is 104 Å². The molecule has 0 spiro atoms. The Labute approximate surface area is 424 Å². The molecule has 352 valence electrons. The molecule has 0 atom stereocenters. The summed E-state index contributed by atoms with van der Waals surface area (Å²) in [4.78, 5) is 9.64. The van der Waals surface area contributed by atoms with Gasteiger partial charge in [0.15, 0.2) is 0 Å². The number of hydrogen-bond donors (Lipinski definition) is 0. The number of para-hydroxylation sites is 1. The molecule has 0 saturated carbocycles. The van der Waals surface area contributed by atoms with Crippen LogP contribution < -0.4 is 14.5 Å². The predicted octanol–water partition coefficient (Wildman–Crippen LogP) is 16.9. The van der Waals surface area contributed by atoms with E-state index in [0.717, 1.165) is 61.5 Å². The third kappa shape index (κ3) is 9.03. The van der Waals surface area contributed by atoms with E-state index in [1.54, 1.807) is 0 Å². The second-order valence-corrected chi connectivity index (χ2v) is 22.0. The number of nitrogens with zero attached hydrogens (tertiary/aromatic N) is 4. The second kappa shape index (κ2) is 17.8. The molecule has 0 aliphatic carbocycles. The van der Waals surface area contributed by atoms with Crippen LogP contribution in [0.2, 0.25) is 0 Å². The molecule has 0 bridgehead atoms. The summed E-state index contributed by atoms with van der Waals surface area (Å²) in [6.07, 6.45) is 1.93. The largest absolute Gasteiger partial charge is 0.509 e. The van der Waals surface area contributed by atoms with Crippen LogP contribution in [0, 0.1) is 18.8 Å². The molecule has 3 heterocycles. The van der Waals surface area contributed by atoms with E-state index >= 15 is 0 Å². The van der Waals surface area contributed by atoms with Gasteiger partial charge in [-0.1, -0.05) is 173 Å². The number of rotatable bonds is 8. The van der Waals surface area contributed by atoms with Gasteiger partial charge < -0.3 is 19.1 Å². The van der Waals surface area contributed by atoms with E-state index in [-0.39, 0.29) is 42.7 Å². The molecule has 5 nitrogen and oxygen atoms in total. The summed E-state index contributed by atoms with van der Waals surface area (Å²) in [6, 6.07) is 63.9. The molecule has 6 heteroatoms. The molecular formula is C63H61N4OPt-3. The van der Waals surface area contributed by atoms with Gasteiger partial charge in [0.1, 0.15) is 5.82 Å². The third-order valence-corrected chi connectivity index (χ3v) is 13.7. The Balaban J connectivity index is 0.00000593. The van der Waals surface area contributed by atoms with Crippen molar-refractivity contribution in [2.75, 3.05) is 9.80 Å². The first-order chi connectivity index (χ1) is 32.3. The van der Waals surface area contributed by atoms with Crippen molar-refractivity contribution in [2.45, 2.75) is 97.8 Å². The van der Waals surface area contributed by atoms with Gasteiger partial charge >= 0.3 is 0 Å². The van der Waals surface area contributed by atoms with Crippen LogP contribution in [-0.2, 0) is 42.7 Å². The van der Waals surface area contributed by atoms with Gasteiger partial charge in [-0.3, -0.25) is 0 Å². The molecule has 9 aromatic rings. The molecule has 69 heavy (non-hydrogen) atoms. The second-order valence-electron chi connectivity index (χ2n) is 22.0. The van der Waals surface area contributed by atoms with Crippen LogP contribution in [0.5, 0.6) is 11.5 Å².